The number of aryl methyl sites for hydroxylation is 1. The lowest BCUT2D eigenvalue weighted by atomic mass is 10.0. The number of halogens is 1. The number of aromatic nitrogens is 1. The SMILES string of the molecule is Cc1cccc2ccnc(N(C(=O)c3ccc(CO)cc3F)[C@@H]3CCCNC3)c12. The van der Waals surface area contributed by atoms with Crippen molar-refractivity contribution in [2.45, 2.75) is 32.4 Å². The molecule has 0 aliphatic carbocycles. The quantitative estimate of drug-likeness (QED) is 0.711. The average Bonchev–Trinajstić information content (AvgIpc) is 2.74. The molecule has 0 saturated carbocycles. The summed E-state index contributed by atoms with van der Waals surface area (Å²) in [6.45, 7) is 3.25. The Balaban J connectivity index is 1.86. The second-order valence-corrected chi connectivity index (χ2v) is 7.46. The molecule has 29 heavy (non-hydrogen) atoms. The number of nitrogens with one attached hydrogen (secondary N) is 1. The number of pyridine rings is 1. The Kier molecular flexibility index (Phi) is 5.56. The number of hydrogen-bond donors (Lipinski definition) is 2. The highest BCUT2D eigenvalue weighted by molar-refractivity contribution is 6.10. The van der Waals surface area contributed by atoms with Crippen LogP contribution >= 0.6 is 0 Å². The third kappa shape index (κ3) is 3.73. The molecule has 5 nitrogen and oxygen atoms in total. The molecule has 1 aromatic heterocycles. The van der Waals surface area contributed by atoms with Crippen molar-refractivity contribution in [3.63, 3.8) is 0 Å². The largest absolute Gasteiger partial charge is 0.392 e. The number of hydrogen-bond acceptors (Lipinski definition) is 4. The molecule has 1 fully saturated rings. The molecule has 0 radical (unpaired) electrons. The Bertz CT molecular complexity index is 1040. The van der Waals surface area contributed by atoms with E-state index in [2.05, 4.69) is 10.3 Å². The molecular weight excluding hydrogens is 369 g/mol. The van der Waals surface area contributed by atoms with Gasteiger partial charge in [0.1, 0.15) is 11.6 Å². The van der Waals surface area contributed by atoms with Crippen LogP contribution in [0, 0.1) is 12.7 Å². The predicted molar refractivity (Wildman–Crippen MR) is 112 cm³/mol. The monoisotopic (exact) mass is 393 g/mol. The molecule has 0 spiro atoms. The second-order valence-electron chi connectivity index (χ2n) is 7.46. The number of carbonyl (C=O) groups is 1. The van der Waals surface area contributed by atoms with Gasteiger partial charge in [0.2, 0.25) is 0 Å². The zero-order valence-corrected chi connectivity index (χ0v) is 16.4. The van der Waals surface area contributed by atoms with Crippen molar-refractivity contribution in [2.75, 3.05) is 18.0 Å². The second kappa shape index (κ2) is 8.27. The van der Waals surface area contributed by atoms with Crippen molar-refractivity contribution in [3.8, 4) is 0 Å². The lowest BCUT2D eigenvalue weighted by molar-refractivity contribution is 0.0967. The number of rotatable bonds is 4. The maximum Gasteiger partial charge on any atom is 0.262 e. The number of aliphatic hydroxyl groups is 1. The molecular formula is C23H24FN3O2. The third-order valence-electron chi connectivity index (χ3n) is 5.51. The number of anilines is 1. The van der Waals surface area contributed by atoms with Gasteiger partial charge in [0, 0.05) is 18.1 Å². The van der Waals surface area contributed by atoms with Crippen LogP contribution in [-0.4, -0.2) is 35.1 Å². The molecule has 2 N–H and O–H groups in total. The Morgan fingerprint density at radius 3 is 2.90 bits per heavy atom. The lowest BCUT2D eigenvalue weighted by Gasteiger charge is -2.35. The van der Waals surface area contributed by atoms with Crippen molar-refractivity contribution in [3.05, 3.63) is 71.2 Å². The summed E-state index contributed by atoms with van der Waals surface area (Å²) in [4.78, 5) is 19.8. The highest BCUT2D eigenvalue weighted by atomic mass is 19.1. The van der Waals surface area contributed by atoms with Crippen LogP contribution in [0.25, 0.3) is 10.8 Å². The molecule has 1 saturated heterocycles. The van der Waals surface area contributed by atoms with Gasteiger partial charge in [0.05, 0.1) is 18.2 Å². The number of amides is 1. The fourth-order valence-electron chi connectivity index (χ4n) is 4.02. The summed E-state index contributed by atoms with van der Waals surface area (Å²) in [6, 6.07) is 12.0. The van der Waals surface area contributed by atoms with Gasteiger partial charge < -0.3 is 10.4 Å². The topological polar surface area (TPSA) is 65.5 Å². The minimum Gasteiger partial charge on any atom is -0.392 e. The summed E-state index contributed by atoms with van der Waals surface area (Å²) >= 11 is 0. The van der Waals surface area contributed by atoms with Crippen molar-refractivity contribution in [2.24, 2.45) is 0 Å². The van der Waals surface area contributed by atoms with Crippen LogP contribution in [0.2, 0.25) is 0 Å². The number of benzene rings is 2. The highest BCUT2D eigenvalue weighted by Gasteiger charge is 2.31. The fraction of sp³-hybridized carbons (Fsp3) is 0.304. The van der Waals surface area contributed by atoms with Gasteiger partial charge in [0.25, 0.3) is 5.91 Å². The molecule has 0 unspecified atom stereocenters. The molecule has 0 bridgehead atoms. The molecule has 1 atom stereocenters. The maximum atomic E-state index is 14.7. The molecule has 1 amide bonds. The van der Waals surface area contributed by atoms with E-state index in [9.17, 15) is 14.3 Å². The molecule has 4 rings (SSSR count). The summed E-state index contributed by atoms with van der Waals surface area (Å²) in [7, 11) is 0. The van der Waals surface area contributed by atoms with E-state index < -0.39 is 11.7 Å². The predicted octanol–water partition coefficient (Wildman–Crippen LogP) is 3.57. The number of piperidine rings is 1. The summed E-state index contributed by atoms with van der Waals surface area (Å²) in [5.41, 5.74) is 1.44. The van der Waals surface area contributed by atoms with E-state index in [0.717, 1.165) is 35.7 Å². The van der Waals surface area contributed by atoms with Crippen molar-refractivity contribution < 1.29 is 14.3 Å². The minimum absolute atomic E-state index is 0.0137. The first-order valence-electron chi connectivity index (χ1n) is 9.88. The van der Waals surface area contributed by atoms with E-state index >= 15 is 0 Å². The van der Waals surface area contributed by atoms with Crippen molar-refractivity contribution >= 4 is 22.5 Å². The Hall–Kier alpha value is -2.83. The first-order valence-corrected chi connectivity index (χ1v) is 9.88. The molecule has 150 valence electrons. The van der Waals surface area contributed by atoms with Crippen LogP contribution in [0.1, 0.15) is 34.3 Å². The van der Waals surface area contributed by atoms with Gasteiger partial charge in [-0.15, -0.1) is 0 Å². The highest BCUT2D eigenvalue weighted by Crippen LogP contribution is 2.31. The first-order chi connectivity index (χ1) is 14.1. The Morgan fingerprint density at radius 1 is 1.31 bits per heavy atom. The molecule has 1 aliphatic rings. The number of fused-ring (bicyclic) bond motifs is 1. The Labute approximate surface area is 169 Å². The maximum absolute atomic E-state index is 14.7. The van der Waals surface area contributed by atoms with Gasteiger partial charge in [-0.2, -0.15) is 0 Å². The zero-order valence-electron chi connectivity index (χ0n) is 16.4. The number of aliphatic hydroxyl groups excluding tert-OH is 1. The van der Waals surface area contributed by atoms with Crippen molar-refractivity contribution in [1.29, 1.82) is 0 Å². The van der Waals surface area contributed by atoms with E-state index in [1.54, 1.807) is 17.2 Å². The standard InChI is InChI=1S/C23H24FN3O2/c1-15-4-2-5-17-9-11-26-22(21(15)17)27(18-6-3-10-25-13-18)23(29)19-8-7-16(14-28)12-20(19)24/h2,4-5,7-9,11-12,18,25,28H,3,6,10,13-14H2,1H3/t18-/m1/s1. The van der Waals surface area contributed by atoms with Crippen LogP contribution in [-0.2, 0) is 6.61 Å². The summed E-state index contributed by atoms with van der Waals surface area (Å²) in [5.74, 6) is -0.485. The van der Waals surface area contributed by atoms with E-state index in [0.29, 0.717) is 17.9 Å². The van der Waals surface area contributed by atoms with Crippen LogP contribution < -0.4 is 10.2 Å². The Morgan fingerprint density at radius 2 is 2.17 bits per heavy atom. The molecule has 6 heteroatoms. The van der Waals surface area contributed by atoms with E-state index in [1.165, 1.54) is 12.1 Å². The van der Waals surface area contributed by atoms with Crippen LogP contribution in [0.5, 0.6) is 0 Å². The number of carbonyl (C=O) groups excluding carboxylic acids is 1. The van der Waals surface area contributed by atoms with Gasteiger partial charge in [-0.25, -0.2) is 9.37 Å². The van der Waals surface area contributed by atoms with Gasteiger partial charge in [0.15, 0.2) is 0 Å². The summed E-state index contributed by atoms with van der Waals surface area (Å²) in [6.07, 6.45) is 3.45. The van der Waals surface area contributed by atoms with Crippen LogP contribution in [0.4, 0.5) is 10.2 Å². The van der Waals surface area contributed by atoms with Crippen molar-refractivity contribution in [1.82, 2.24) is 10.3 Å². The minimum atomic E-state index is -0.632. The van der Waals surface area contributed by atoms with Crippen LogP contribution in [0.15, 0.2) is 48.7 Å². The molecule has 3 aromatic rings. The van der Waals surface area contributed by atoms with E-state index in [-0.39, 0.29) is 18.2 Å². The molecule has 2 aromatic carbocycles. The molecule has 1 aliphatic heterocycles. The van der Waals surface area contributed by atoms with Gasteiger partial charge in [-0.3, -0.25) is 9.69 Å². The van der Waals surface area contributed by atoms with E-state index in [1.807, 2.05) is 31.2 Å². The summed E-state index contributed by atoms with van der Waals surface area (Å²) < 4.78 is 14.7. The van der Waals surface area contributed by atoms with E-state index in [4.69, 9.17) is 0 Å². The van der Waals surface area contributed by atoms with Gasteiger partial charge >= 0.3 is 0 Å². The summed E-state index contributed by atoms with van der Waals surface area (Å²) in [5, 5.41) is 14.5. The normalized spacial score (nSPS) is 16.7. The van der Waals surface area contributed by atoms with Crippen LogP contribution in [0.3, 0.4) is 0 Å². The third-order valence-corrected chi connectivity index (χ3v) is 5.51. The lowest BCUT2D eigenvalue weighted by Crippen LogP contribution is -2.49. The fourth-order valence-corrected chi connectivity index (χ4v) is 4.02. The van der Waals surface area contributed by atoms with Gasteiger partial charge in [-0.05, 0) is 61.0 Å². The average molecular weight is 393 g/mol. The molecule has 2 heterocycles. The zero-order chi connectivity index (χ0) is 20.4. The smallest absolute Gasteiger partial charge is 0.262 e. The van der Waals surface area contributed by atoms with Gasteiger partial charge in [-0.1, -0.05) is 24.3 Å². The first kappa shape index (κ1) is 19.5. The number of nitrogens with zero attached hydrogens (tertiary/aromatic N) is 2.